The van der Waals surface area contributed by atoms with Crippen molar-refractivity contribution < 1.29 is 9.59 Å². The molecule has 0 spiro atoms. The molecule has 0 aromatic rings. The van der Waals surface area contributed by atoms with Gasteiger partial charge in [-0.2, -0.15) is 0 Å². The summed E-state index contributed by atoms with van der Waals surface area (Å²) < 4.78 is -0.379. The van der Waals surface area contributed by atoms with Crippen LogP contribution in [0.15, 0.2) is 0 Å². The highest BCUT2D eigenvalue weighted by Crippen LogP contribution is 2.05. The molecule has 0 aliphatic carbocycles. The number of carbonyl (C=O) groups excluding carboxylic acids is 2. The van der Waals surface area contributed by atoms with Crippen molar-refractivity contribution in [1.82, 2.24) is 10.6 Å². The van der Waals surface area contributed by atoms with Crippen LogP contribution in [0, 0.1) is 0 Å². The topological polar surface area (TPSA) is 84.2 Å². The van der Waals surface area contributed by atoms with E-state index in [9.17, 15) is 9.59 Å². The van der Waals surface area contributed by atoms with E-state index in [1.54, 1.807) is 0 Å². The van der Waals surface area contributed by atoms with Crippen molar-refractivity contribution in [3.05, 3.63) is 0 Å². The maximum absolute atomic E-state index is 10.8. The van der Waals surface area contributed by atoms with Crippen LogP contribution in [0.4, 0.5) is 4.79 Å². The molecule has 1 rings (SSSR count). The third-order valence-electron chi connectivity index (χ3n) is 1.10. The third-order valence-corrected chi connectivity index (χ3v) is 2.44. The number of nitrogens with two attached hydrogens (primary N) is 1. The number of amides is 3. The highest BCUT2D eigenvalue weighted by atomic mass is 127. The van der Waals surface area contributed by atoms with Crippen molar-refractivity contribution >= 4 is 34.5 Å². The number of urea groups is 1. The molecule has 56 valence electrons. The Hall–Kier alpha value is -0.370. The first-order chi connectivity index (χ1) is 4.61. The van der Waals surface area contributed by atoms with Crippen molar-refractivity contribution in [3.63, 3.8) is 0 Å². The second-order valence-electron chi connectivity index (χ2n) is 1.89. The molecule has 0 bridgehead atoms. The van der Waals surface area contributed by atoms with Gasteiger partial charge in [-0.1, -0.05) is 22.6 Å². The molecular formula is C4H6IN3O2. The summed E-state index contributed by atoms with van der Waals surface area (Å²) in [6.07, 6.45) is -0.568. The number of nitrogens with one attached hydrogen (secondary N) is 2. The SMILES string of the molecule is N[C@@H]1NC(=O)NC(=O)[C@H]1I. The zero-order valence-electron chi connectivity index (χ0n) is 4.93. The highest BCUT2D eigenvalue weighted by Gasteiger charge is 2.30. The Balaban J connectivity index is 2.66. The van der Waals surface area contributed by atoms with Crippen molar-refractivity contribution in [3.8, 4) is 0 Å². The minimum atomic E-state index is -0.568. The lowest BCUT2D eigenvalue weighted by Gasteiger charge is -2.23. The summed E-state index contributed by atoms with van der Waals surface area (Å²) in [5.41, 5.74) is 5.36. The Morgan fingerprint density at radius 2 is 2.10 bits per heavy atom. The fourth-order valence-electron chi connectivity index (χ4n) is 0.605. The molecule has 1 fully saturated rings. The van der Waals surface area contributed by atoms with Gasteiger partial charge in [0.05, 0.1) is 6.17 Å². The molecule has 0 aromatic heterocycles. The lowest BCUT2D eigenvalue weighted by atomic mass is 10.3. The molecule has 1 aliphatic rings. The van der Waals surface area contributed by atoms with E-state index in [-0.39, 0.29) is 9.83 Å². The fourth-order valence-corrected chi connectivity index (χ4v) is 0.940. The normalized spacial score (nSPS) is 33.0. The van der Waals surface area contributed by atoms with Crippen molar-refractivity contribution in [2.45, 2.75) is 10.1 Å². The number of rotatable bonds is 0. The quantitative estimate of drug-likeness (QED) is 0.380. The molecule has 0 saturated carbocycles. The van der Waals surface area contributed by atoms with Gasteiger partial charge in [0.15, 0.2) is 0 Å². The Bertz CT molecular complexity index is 183. The number of carbonyl (C=O) groups is 2. The molecule has 3 amide bonds. The molecule has 1 saturated heterocycles. The van der Waals surface area contributed by atoms with Gasteiger partial charge in [-0.15, -0.1) is 0 Å². The Labute approximate surface area is 70.9 Å². The standard InChI is InChI=1S/C4H6IN3O2/c5-1-2(6)7-4(10)8-3(1)9/h1-2H,6H2,(H2,7,8,9,10)/t1-,2+/m0/s1. The number of hydrogen-bond donors (Lipinski definition) is 3. The van der Waals surface area contributed by atoms with E-state index >= 15 is 0 Å². The Morgan fingerprint density at radius 1 is 1.50 bits per heavy atom. The van der Waals surface area contributed by atoms with Crippen LogP contribution in [0.5, 0.6) is 0 Å². The average molecular weight is 255 g/mol. The predicted molar refractivity (Wildman–Crippen MR) is 42.5 cm³/mol. The third kappa shape index (κ3) is 1.37. The van der Waals surface area contributed by atoms with Gasteiger partial charge < -0.3 is 11.1 Å². The lowest BCUT2D eigenvalue weighted by molar-refractivity contribution is -0.120. The highest BCUT2D eigenvalue weighted by molar-refractivity contribution is 14.1. The maximum Gasteiger partial charge on any atom is 0.322 e. The number of alkyl halides is 1. The van der Waals surface area contributed by atoms with Crippen LogP contribution in [0.1, 0.15) is 0 Å². The van der Waals surface area contributed by atoms with Crippen molar-refractivity contribution in [2.24, 2.45) is 5.73 Å². The van der Waals surface area contributed by atoms with Gasteiger partial charge in [0.1, 0.15) is 3.92 Å². The van der Waals surface area contributed by atoms with Crippen LogP contribution in [0.3, 0.4) is 0 Å². The summed E-state index contributed by atoms with van der Waals surface area (Å²) in [5.74, 6) is -0.336. The van der Waals surface area contributed by atoms with Crippen LogP contribution < -0.4 is 16.4 Å². The van der Waals surface area contributed by atoms with Crippen LogP contribution in [0.25, 0.3) is 0 Å². The molecule has 2 atom stereocenters. The molecule has 10 heavy (non-hydrogen) atoms. The zero-order chi connectivity index (χ0) is 7.72. The monoisotopic (exact) mass is 255 g/mol. The van der Waals surface area contributed by atoms with Gasteiger partial charge in [-0.25, -0.2) is 4.79 Å². The van der Waals surface area contributed by atoms with Crippen molar-refractivity contribution in [2.75, 3.05) is 0 Å². The largest absolute Gasteiger partial charge is 0.322 e. The summed E-state index contributed by atoms with van der Waals surface area (Å²) in [7, 11) is 0. The summed E-state index contributed by atoms with van der Waals surface area (Å²) in [5, 5.41) is 4.44. The van der Waals surface area contributed by atoms with Gasteiger partial charge in [0, 0.05) is 0 Å². The number of halogens is 1. The Kier molecular flexibility index (Phi) is 2.09. The Morgan fingerprint density at radius 3 is 2.60 bits per heavy atom. The predicted octanol–water partition coefficient (Wildman–Crippen LogP) is -1.09. The molecule has 0 aromatic carbocycles. The molecule has 1 heterocycles. The summed E-state index contributed by atoms with van der Waals surface area (Å²) in [6.45, 7) is 0. The van der Waals surface area contributed by atoms with Crippen LogP contribution >= 0.6 is 22.6 Å². The molecule has 1 aliphatic heterocycles. The summed E-state index contributed by atoms with van der Waals surface area (Å²) in [6, 6.07) is -0.523. The van der Waals surface area contributed by atoms with Gasteiger partial charge in [0.2, 0.25) is 5.91 Å². The number of imide groups is 1. The molecule has 0 unspecified atom stereocenters. The smallest absolute Gasteiger partial charge is 0.321 e. The van der Waals surface area contributed by atoms with Crippen molar-refractivity contribution in [1.29, 1.82) is 0 Å². The van der Waals surface area contributed by atoms with Gasteiger partial charge in [-0.3, -0.25) is 10.1 Å². The van der Waals surface area contributed by atoms with Crippen LogP contribution in [-0.2, 0) is 4.79 Å². The van der Waals surface area contributed by atoms with E-state index in [1.165, 1.54) is 0 Å². The molecular weight excluding hydrogens is 249 g/mol. The lowest BCUT2D eigenvalue weighted by Crippen LogP contribution is -2.62. The first kappa shape index (κ1) is 7.73. The molecule has 6 heteroatoms. The fraction of sp³-hybridized carbons (Fsp3) is 0.500. The second kappa shape index (κ2) is 2.70. The van der Waals surface area contributed by atoms with E-state index in [2.05, 4.69) is 10.6 Å². The summed E-state index contributed by atoms with van der Waals surface area (Å²) >= 11 is 1.87. The van der Waals surface area contributed by atoms with E-state index in [4.69, 9.17) is 5.73 Å². The van der Waals surface area contributed by atoms with E-state index in [0.717, 1.165) is 0 Å². The average Bonchev–Trinajstić information content (AvgIpc) is 1.82. The first-order valence-corrected chi connectivity index (χ1v) is 3.87. The van der Waals surface area contributed by atoms with E-state index in [1.807, 2.05) is 22.6 Å². The van der Waals surface area contributed by atoms with Gasteiger partial charge in [-0.05, 0) is 0 Å². The van der Waals surface area contributed by atoms with E-state index < -0.39 is 12.2 Å². The van der Waals surface area contributed by atoms with E-state index in [0.29, 0.717) is 0 Å². The molecule has 5 nitrogen and oxygen atoms in total. The molecule has 4 N–H and O–H groups in total. The second-order valence-corrected chi connectivity index (χ2v) is 3.23. The van der Waals surface area contributed by atoms with Crippen LogP contribution in [-0.4, -0.2) is 22.0 Å². The number of hydrogen-bond acceptors (Lipinski definition) is 3. The van der Waals surface area contributed by atoms with Crippen LogP contribution in [0.2, 0.25) is 0 Å². The molecule has 0 radical (unpaired) electrons. The van der Waals surface area contributed by atoms with Gasteiger partial charge >= 0.3 is 6.03 Å². The summed E-state index contributed by atoms with van der Waals surface area (Å²) in [4.78, 5) is 21.3. The van der Waals surface area contributed by atoms with Gasteiger partial charge in [0.25, 0.3) is 0 Å². The zero-order valence-corrected chi connectivity index (χ0v) is 7.08. The minimum absolute atomic E-state index is 0.336. The maximum atomic E-state index is 10.8. The first-order valence-electron chi connectivity index (χ1n) is 2.62. The minimum Gasteiger partial charge on any atom is -0.321 e.